The van der Waals surface area contributed by atoms with Gasteiger partial charge in [-0.3, -0.25) is 0 Å². The second kappa shape index (κ2) is 23.4. The monoisotopic (exact) mass is 1510 g/mol. The fraction of sp³-hybridized carbons (Fsp3) is 0. The smallest absolute Gasteiger partial charge is 0.133 e. The van der Waals surface area contributed by atoms with Crippen LogP contribution in [0.5, 0.6) is 0 Å². The molecule has 16 aromatic carbocycles. The molecular formula is C98H48F4N6S4. The van der Waals surface area contributed by atoms with E-state index in [0.717, 1.165) is 179 Å². The van der Waals surface area contributed by atoms with Crippen LogP contribution in [0.25, 0.3) is 224 Å². The highest BCUT2D eigenvalue weighted by molar-refractivity contribution is 7.27. The zero-order valence-corrected chi connectivity index (χ0v) is 61.8. The standard InChI is InChI=1S/C98H48F4N6S4/c99-70-23-14-24-71(100)88(70)52-45-78(105-74-27-7-1-16-55(74)60-40-42-86-91(93(60)105)65-20-5-11-32-84(65)109-86)68(49-103)81(48-52)108-77-44-51(34-35-57(77)61-41-43-87-92(94(61)108)66-21-6-12-33-85(66)110-87)54-22-13-29-76-90(54)67-39-38-64-59-19-4-10-31-83(59)112-98(64)96(67)107(76)80-47-53(89-72(101)25-15-26-73(89)102)46-79(69(80)50-104)106-75-28-8-2-17-56(75)62-36-37-63-58-18-3-9-30-82(58)111-97(63)95(62)106/h1-48H. The molecule has 0 aliphatic carbocycles. The normalized spacial score (nSPS) is 12.3. The third-order valence-electron chi connectivity index (χ3n) is 23.1. The fourth-order valence-electron chi connectivity index (χ4n) is 18.5. The second-order valence-electron chi connectivity index (χ2n) is 28.7. The Balaban J connectivity index is 0.835. The average Bonchev–Trinajstić information content (AvgIpc) is 1.54. The first-order valence-corrected chi connectivity index (χ1v) is 39.9. The van der Waals surface area contributed by atoms with Crippen molar-refractivity contribution in [2.75, 3.05) is 0 Å². The van der Waals surface area contributed by atoms with Crippen molar-refractivity contribution in [3.05, 3.63) is 326 Å². The second-order valence-corrected chi connectivity index (χ2v) is 33.0. The predicted octanol–water partition coefficient (Wildman–Crippen LogP) is 28.8. The lowest BCUT2D eigenvalue weighted by Gasteiger charge is -2.19. The minimum absolute atomic E-state index is 0.230. The highest BCUT2D eigenvalue weighted by Crippen LogP contribution is 2.53. The molecule has 0 saturated carbocycles. The molecule has 8 aromatic heterocycles. The lowest BCUT2D eigenvalue weighted by Crippen LogP contribution is -2.06. The van der Waals surface area contributed by atoms with Gasteiger partial charge in [-0.25, -0.2) is 17.6 Å². The number of fused-ring (bicyclic) bond motifs is 28. The third kappa shape index (κ3) is 8.58. The molecule has 6 nitrogen and oxygen atoms in total. The molecule has 14 heteroatoms. The molecule has 0 fully saturated rings. The first kappa shape index (κ1) is 63.2. The van der Waals surface area contributed by atoms with Gasteiger partial charge in [0.05, 0.1) is 87.4 Å². The first-order chi connectivity index (χ1) is 55.2. The maximum Gasteiger partial charge on any atom is 0.133 e. The Bertz CT molecular complexity index is 8470. The van der Waals surface area contributed by atoms with Crippen molar-refractivity contribution in [2.45, 2.75) is 0 Å². The van der Waals surface area contributed by atoms with Crippen molar-refractivity contribution < 1.29 is 17.6 Å². The molecule has 0 spiro atoms. The van der Waals surface area contributed by atoms with E-state index in [1.807, 2.05) is 78.9 Å². The van der Waals surface area contributed by atoms with Crippen LogP contribution >= 0.6 is 45.3 Å². The third-order valence-corrected chi connectivity index (χ3v) is 27.8. The number of rotatable bonds is 7. The van der Waals surface area contributed by atoms with Crippen LogP contribution in [0.1, 0.15) is 11.1 Å². The van der Waals surface area contributed by atoms with Gasteiger partial charge in [-0.05, 0) is 131 Å². The topological polar surface area (TPSA) is 67.3 Å². The molecule has 0 aliphatic rings. The molecule has 0 N–H and O–H groups in total. The van der Waals surface area contributed by atoms with Crippen molar-refractivity contribution in [3.8, 4) is 68.3 Å². The summed E-state index contributed by atoms with van der Waals surface area (Å²) in [4.78, 5) is 0. The molecular weight excluding hydrogens is 1470 g/mol. The summed E-state index contributed by atoms with van der Waals surface area (Å²) in [7, 11) is 0. The predicted molar refractivity (Wildman–Crippen MR) is 461 cm³/mol. The summed E-state index contributed by atoms with van der Waals surface area (Å²) in [5, 5.41) is 40.5. The van der Waals surface area contributed by atoms with E-state index in [4.69, 9.17) is 0 Å². The Morgan fingerprint density at radius 2 is 0.589 bits per heavy atom. The van der Waals surface area contributed by atoms with Gasteiger partial charge >= 0.3 is 0 Å². The number of nitriles is 2. The van der Waals surface area contributed by atoms with Gasteiger partial charge in [0.1, 0.15) is 46.5 Å². The van der Waals surface area contributed by atoms with E-state index in [2.05, 4.69) is 182 Å². The van der Waals surface area contributed by atoms with Gasteiger partial charge in [-0.15, -0.1) is 45.3 Å². The highest BCUT2D eigenvalue weighted by atomic mass is 32.1. The van der Waals surface area contributed by atoms with Crippen LogP contribution in [0.3, 0.4) is 0 Å². The minimum atomic E-state index is -0.754. The summed E-state index contributed by atoms with van der Waals surface area (Å²) in [6.07, 6.45) is 0. The summed E-state index contributed by atoms with van der Waals surface area (Å²) in [6.45, 7) is 0. The zero-order chi connectivity index (χ0) is 74.2. The van der Waals surface area contributed by atoms with Gasteiger partial charge in [-0.2, -0.15) is 10.5 Å². The van der Waals surface area contributed by atoms with Crippen LogP contribution in [0.15, 0.2) is 291 Å². The SMILES string of the molecule is N#Cc1c(-n2c3ccccc3c3ccc4c5ccccc5sc4c32)cc(-c2c(F)cccc2F)cc1-n1c2cccc(-c3ccc4c5ccc6sc7ccccc7c6c5n(-c5cc(-c6c(F)cccc6F)cc(-n6c7ccccc7c7ccc8sc9ccccc9c8c76)c5C#N)c4c3)c2c2ccc3c4ccccc4sc3c21. The number of halogens is 4. The number of hydrogen-bond donors (Lipinski definition) is 0. The van der Waals surface area contributed by atoms with Crippen molar-refractivity contribution in [3.63, 3.8) is 0 Å². The highest BCUT2D eigenvalue weighted by Gasteiger charge is 2.32. The van der Waals surface area contributed by atoms with E-state index in [0.29, 0.717) is 22.7 Å². The molecule has 112 heavy (non-hydrogen) atoms. The van der Waals surface area contributed by atoms with Gasteiger partial charge in [0, 0.05) is 114 Å². The molecule has 522 valence electrons. The Hall–Kier alpha value is -13.7. The van der Waals surface area contributed by atoms with Crippen LogP contribution in [0.2, 0.25) is 0 Å². The van der Waals surface area contributed by atoms with Crippen molar-refractivity contribution >= 4 is 213 Å². The summed E-state index contributed by atoms with van der Waals surface area (Å²) in [6, 6.07) is 100. The van der Waals surface area contributed by atoms with Crippen LogP contribution in [0.4, 0.5) is 17.6 Å². The average molecular weight is 1510 g/mol. The number of benzene rings is 16. The molecule has 0 amide bonds. The molecule has 0 bridgehead atoms. The minimum Gasteiger partial charge on any atom is -0.307 e. The number of para-hydroxylation sites is 2. The molecule has 0 aliphatic heterocycles. The van der Waals surface area contributed by atoms with E-state index >= 15 is 17.6 Å². The number of hydrogen-bond acceptors (Lipinski definition) is 6. The summed E-state index contributed by atoms with van der Waals surface area (Å²) in [5.41, 5.74) is 10.3. The molecule has 24 rings (SSSR count). The summed E-state index contributed by atoms with van der Waals surface area (Å²) >= 11 is 6.71. The van der Waals surface area contributed by atoms with Crippen LogP contribution in [-0.2, 0) is 0 Å². The maximum atomic E-state index is 17.2. The Kier molecular flexibility index (Phi) is 13.2. The molecule has 0 radical (unpaired) electrons. The van der Waals surface area contributed by atoms with Gasteiger partial charge in [0.15, 0.2) is 0 Å². The van der Waals surface area contributed by atoms with Crippen LogP contribution < -0.4 is 0 Å². The van der Waals surface area contributed by atoms with E-state index < -0.39 is 23.3 Å². The van der Waals surface area contributed by atoms with E-state index in [1.165, 1.54) is 36.4 Å². The first-order valence-electron chi connectivity index (χ1n) is 36.7. The van der Waals surface area contributed by atoms with Gasteiger partial charge in [0.25, 0.3) is 0 Å². The maximum absolute atomic E-state index is 17.2. The molecule has 24 aromatic rings. The molecule has 0 unspecified atom stereocenters. The molecule has 0 saturated heterocycles. The van der Waals surface area contributed by atoms with Crippen LogP contribution in [-0.4, -0.2) is 18.3 Å². The number of nitrogens with zero attached hydrogens (tertiary/aromatic N) is 6. The van der Waals surface area contributed by atoms with Crippen molar-refractivity contribution in [1.82, 2.24) is 18.3 Å². The van der Waals surface area contributed by atoms with Crippen LogP contribution in [0, 0.1) is 45.9 Å². The Morgan fingerprint density at radius 1 is 0.241 bits per heavy atom. The lowest BCUT2D eigenvalue weighted by atomic mass is 9.97. The number of thiophene rings is 4. The molecule has 8 heterocycles. The quantitative estimate of drug-likeness (QED) is 0.149. The van der Waals surface area contributed by atoms with Gasteiger partial charge in [0.2, 0.25) is 0 Å². The zero-order valence-electron chi connectivity index (χ0n) is 58.5. The number of aromatic nitrogens is 4. The van der Waals surface area contributed by atoms with Crippen molar-refractivity contribution in [1.29, 1.82) is 10.5 Å². The molecule has 0 atom stereocenters. The van der Waals surface area contributed by atoms with E-state index in [-0.39, 0.29) is 33.4 Å². The summed E-state index contributed by atoms with van der Waals surface area (Å²) < 4.78 is 85.5. The van der Waals surface area contributed by atoms with Gasteiger partial charge in [-0.1, -0.05) is 182 Å². The largest absolute Gasteiger partial charge is 0.307 e. The lowest BCUT2D eigenvalue weighted by molar-refractivity contribution is 0.589. The van der Waals surface area contributed by atoms with E-state index in [1.54, 1.807) is 69.6 Å². The summed E-state index contributed by atoms with van der Waals surface area (Å²) in [5.74, 6) is -3.01. The Morgan fingerprint density at radius 3 is 1.08 bits per heavy atom. The van der Waals surface area contributed by atoms with E-state index in [9.17, 15) is 10.5 Å². The fourth-order valence-corrected chi connectivity index (χ4v) is 23.2. The van der Waals surface area contributed by atoms with Gasteiger partial charge < -0.3 is 18.3 Å². The van der Waals surface area contributed by atoms with Crippen molar-refractivity contribution in [2.24, 2.45) is 0 Å². The Labute approximate surface area is 648 Å².